The number of hydrogen-bond acceptors (Lipinski definition) is 6. The highest BCUT2D eigenvalue weighted by atomic mass is 16.5. The number of nitriles is 1. The van der Waals surface area contributed by atoms with E-state index in [1.54, 1.807) is 29.2 Å². The molecule has 1 saturated heterocycles. The lowest BCUT2D eigenvalue weighted by molar-refractivity contribution is -0.130. The van der Waals surface area contributed by atoms with Crippen LogP contribution >= 0.6 is 0 Å². The fourth-order valence-electron chi connectivity index (χ4n) is 2.40. The van der Waals surface area contributed by atoms with Gasteiger partial charge in [0.25, 0.3) is 5.91 Å². The molecule has 1 fully saturated rings. The Labute approximate surface area is 153 Å². The summed E-state index contributed by atoms with van der Waals surface area (Å²) in [5.74, 6) is -0.792. The van der Waals surface area contributed by atoms with Gasteiger partial charge in [-0.2, -0.15) is 5.26 Å². The number of carbonyl (C=O) groups excluding carboxylic acids is 2. The molecule has 1 N–H and O–H groups in total. The number of para-hydroxylation sites is 1. The van der Waals surface area contributed by atoms with E-state index in [0.717, 1.165) is 12.8 Å². The summed E-state index contributed by atoms with van der Waals surface area (Å²) < 4.78 is 10.4. The molecule has 1 aromatic carbocycles. The largest absolute Gasteiger partial charge is 0.462 e. The third-order valence-corrected chi connectivity index (χ3v) is 3.90. The summed E-state index contributed by atoms with van der Waals surface area (Å²) in [7, 11) is 0. The van der Waals surface area contributed by atoms with E-state index >= 15 is 0 Å². The van der Waals surface area contributed by atoms with Crippen LogP contribution in [-0.4, -0.2) is 49.7 Å². The van der Waals surface area contributed by atoms with Crippen LogP contribution in [0.3, 0.4) is 0 Å². The molecule has 7 nitrogen and oxygen atoms in total. The number of benzene rings is 1. The summed E-state index contributed by atoms with van der Waals surface area (Å²) in [6, 6.07) is 8.74. The molecular weight excluding hydrogens is 334 g/mol. The van der Waals surface area contributed by atoms with Crippen LogP contribution in [0.5, 0.6) is 0 Å². The second kappa shape index (κ2) is 10.2. The number of unbranched alkanes of at least 4 members (excludes halogenated alkanes) is 1. The van der Waals surface area contributed by atoms with Crippen molar-refractivity contribution in [3.63, 3.8) is 0 Å². The maximum absolute atomic E-state index is 12.4. The van der Waals surface area contributed by atoms with Gasteiger partial charge in [-0.15, -0.1) is 0 Å². The van der Waals surface area contributed by atoms with Gasteiger partial charge >= 0.3 is 5.97 Å². The molecule has 7 heteroatoms. The molecular formula is C19H23N3O4. The lowest BCUT2D eigenvalue weighted by Crippen LogP contribution is -2.41. The normalized spacial score (nSPS) is 14.5. The predicted molar refractivity (Wildman–Crippen MR) is 96.4 cm³/mol. The van der Waals surface area contributed by atoms with Gasteiger partial charge in [0.1, 0.15) is 11.6 Å². The summed E-state index contributed by atoms with van der Waals surface area (Å²) in [6.07, 6.45) is 3.06. The first-order valence-electron chi connectivity index (χ1n) is 8.67. The van der Waals surface area contributed by atoms with E-state index in [1.165, 1.54) is 6.20 Å². The summed E-state index contributed by atoms with van der Waals surface area (Å²) in [4.78, 5) is 26.2. The number of rotatable bonds is 7. The van der Waals surface area contributed by atoms with Crippen LogP contribution in [0.1, 0.15) is 30.1 Å². The zero-order valence-corrected chi connectivity index (χ0v) is 14.9. The first kappa shape index (κ1) is 19.5. The number of amides is 1. The minimum Gasteiger partial charge on any atom is -0.462 e. The van der Waals surface area contributed by atoms with Gasteiger partial charge in [-0.25, -0.2) is 4.79 Å². The van der Waals surface area contributed by atoms with E-state index in [4.69, 9.17) is 9.47 Å². The highest BCUT2D eigenvalue weighted by Gasteiger charge is 2.21. The molecule has 1 aliphatic rings. The Hall–Kier alpha value is -2.85. The highest BCUT2D eigenvalue weighted by Crippen LogP contribution is 2.17. The number of carbonyl (C=O) groups is 2. The average molecular weight is 357 g/mol. The Morgan fingerprint density at radius 2 is 2.08 bits per heavy atom. The van der Waals surface area contributed by atoms with Gasteiger partial charge in [-0.1, -0.05) is 25.5 Å². The number of esters is 1. The van der Waals surface area contributed by atoms with Crippen LogP contribution in [0.15, 0.2) is 36.0 Å². The fourth-order valence-corrected chi connectivity index (χ4v) is 2.40. The van der Waals surface area contributed by atoms with Crippen molar-refractivity contribution in [1.82, 2.24) is 4.90 Å². The molecule has 0 saturated carbocycles. The van der Waals surface area contributed by atoms with E-state index in [9.17, 15) is 14.9 Å². The molecule has 1 heterocycles. The average Bonchev–Trinajstić information content (AvgIpc) is 2.69. The minimum atomic E-state index is -0.437. The molecule has 26 heavy (non-hydrogen) atoms. The minimum absolute atomic E-state index is 0.0268. The highest BCUT2D eigenvalue weighted by molar-refractivity contribution is 5.99. The Morgan fingerprint density at radius 3 is 2.77 bits per heavy atom. The Kier molecular flexibility index (Phi) is 7.65. The molecule has 0 unspecified atom stereocenters. The number of nitrogens with zero attached hydrogens (tertiary/aromatic N) is 2. The lowest BCUT2D eigenvalue weighted by atomic mass is 10.1. The molecule has 1 aliphatic heterocycles. The third kappa shape index (κ3) is 5.33. The van der Waals surface area contributed by atoms with Gasteiger partial charge in [0.15, 0.2) is 0 Å². The van der Waals surface area contributed by atoms with Crippen molar-refractivity contribution < 1.29 is 19.1 Å². The van der Waals surface area contributed by atoms with Crippen LogP contribution in [-0.2, 0) is 14.3 Å². The molecule has 1 aromatic rings. The van der Waals surface area contributed by atoms with E-state index < -0.39 is 5.97 Å². The second-order valence-electron chi connectivity index (χ2n) is 5.75. The smallest absolute Gasteiger partial charge is 0.340 e. The molecule has 138 valence electrons. The van der Waals surface area contributed by atoms with Crippen molar-refractivity contribution in [3.05, 3.63) is 41.6 Å². The maximum atomic E-state index is 12.4. The molecule has 2 rings (SSSR count). The number of anilines is 1. The van der Waals surface area contributed by atoms with Gasteiger partial charge in [0.2, 0.25) is 0 Å². The van der Waals surface area contributed by atoms with Crippen molar-refractivity contribution in [2.75, 3.05) is 38.2 Å². The van der Waals surface area contributed by atoms with Gasteiger partial charge < -0.3 is 19.7 Å². The summed E-state index contributed by atoms with van der Waals surface area (Å²) in [5.41, 5.74) is 0.813. The first-order valence-corrected chi connectivity index (χ1v) is 8.67. The third-order valence-electron chi connectivity index (χ3n) is 3.90. The summed E-state index contributed by atoms with van der Waals surface area (Å²) >= 11 is 0. The van der Waals surface area contributed by atoms with E-state index in [1.807, 2.05) is 13.0 Å². The van der Waals surface area contributed by atoms with Crippen molar-refractivity contribution in [1.29, 1.82) is 5.26 Å². The second-order valence-corrected chi connectivity index (χ2v) is 5.75. The first-order chi connectivity index (χ1) is 12.7. The monoisotopic (exact) mass is 357 g/mol. The van der Waals surface area contributed by atoms with Gasteiger partial charge in [-0.3, -0.25) is 4.79 Å². The quantitative estimate of drug-likeness (QED) is 0.348. The number of nitrogens with one attached hydrogen (secondary N) is 1. The molecule has 0 bridgehead atoms. The van der Waals surface area contributed by atoms with Crippen molar-refractivity contribution in [2.24, 2.45) is 0 Å². The molecule has 1 amide bonds. The molecule has 0 aliphatic carbocycles. The lowest BCUT2D eigenvalue weighted by Gasteiger charge is -2.26. The van der Waals surface area contributed by atoms with Gasteiger partial charge in [-0.05, 0) is 18.6 Å². The molecule has 0 spiro atoms. The van der Waals surface area contributed by atoms with Crippen molar-refractivity contribution >= 4 is 17.6 Å². The van der Waals surface area contributed by atoms with Gasteiger partial charge in [0, 0.05) is 19.3 Å². The Balaban J connectivity index is 2.09. The molecule has 0 aromatic heterocycles. The summed E-state index contributed by atoms with van der Waals surface area (Å²) in [6.45, 7) is 4.21. The SMILES string of the molecule is CCCCOC(=O)c1ccccc1N/C=C(/C#N)C(=O)N1CCOCC1. The van der Waals surface area contributed by atoms with E-state index in [2.05, 4.69) is 5.32 Å². The zero-order valence-electron chi connectivity index (χ0n) is 14.9. The number of morpholine rings is 1. The summed E-state index contributed by atoms with van der Waals surface area (Å²) in [5, 5.41) is 12.2. The van der Waals surface area contributed by atoms with Crippen LogP contribution in [0.4, 0.5) is 5.69 Å². The van der Waals surface area contributed by atoms with Crippen LogP contribution < -0.4 is 5.32 Å². The maximum Gasteiger partial charge on any atom is 0.340 e. The van der Waals surface area contributed by atoms with Crippen molar-refractivity contribution in [2.45, 2.75) is 19.8 Å². The number of hydrogen-bond donors (Lipinski definition) is 1. The van der Waals surface area contributed by atoms with Crippen molar-refractivity contribution in [3.8, 4) is 6.07 Å². The van der Waals surface area contributed by atoms with E-state index in [-0.39, 0.29) is 11.5 Å². The topological polar surface area (TPSA) is 91.7 Å². The zero-order chi connectivity index (χ0) is 18.8. The van der Waals surface area contributed by atoms with Crippen LogP contribution in [0.2, 0.25) is 0 Å². The van der Waals surface area contributed by atoms with Gasteiger partial charge in [0.05, 0.1) is 31.1 Å². The van der Waals surface area contributed by atoms with E-state index in [0.29, 0.717) is 44.2 Å². The fraction of sp³-hybridized carbons (Fsp3) is 0.421. The predicted octanol–water partition coefficient (Wildman–Crippen LogP) is 2.32. The van der Waals surface area contributed by atoms with Crippen LogP contribution in [0.25, 0.3) is 0 Å². The Morgan fingerprint density at radius 1 is 1.35 bits per heavy atom. The molecule has 0 radical (unpaired) electrons. The molecule has 0 atom stereocenters. The Bertz CT molecular complexity index is 703. The van der Waals surface area contributed by atoms with Crippen LogP contribution in [0, 0.1) is 11.3 Å². The number of ether oxygens (including phenoxy) is 2. The standard InChI is InChI=1S/C19H23N3O4/c1-2-3-10-26-19(24)16-6-4-5-7-17(16)21-14-15(13-20)18(23)22-8-11-25-12-9-22/h4-7,14,21H,2-3,8-12H2,1H3/b15-14-.